The Balaban J connectivity index is 2.79. The molecule has 0 aliphatic rings. The first kappa shape index (κ1) is 9.56. The predicted octanol–water partition coefficient (Wildman–Crippen LogP) is 3.55. The minimum absolute atomic E-state index is 0.537. The highest BCUT2D eigenvalue weighted by molar-refractivity contribution is 6.37. The molecule has 0 aliphatic carbocycles. The van der Waals surface area contributed by atoms with Crippen LogP contribution in [0.2, 0.25) is 10.0 Å². The third-order valence-electron chi connectivity index (χ3n) is 1.96. The number of benzene rings is 1. The van der Waals surface area contributed by atoms with Gasteiger partial charge in [-0.1, -0.05) is 23.2 Å². The van der Waals surface area contributed by atoms with E-state index >= 15 is 0 Å². The molecule has 0 radical (unpaired) electrons. The summed E-state index contributed by atoms with van der Waals surface area (Å²) >= 11 is 11.9. The van der Waals surface area contributed by atoms with Gasteiger partial charge >= 0.3 is 0 Å². The van der Waals surface area contributed by atoms with Gasteiger partial charge in [-0.25, -0.2) is 0 Å². The molecule has 0 saturated carbocycles. The first-order valence-corrected chi connectivity index (χ1v) is 4.75. The van der Waals surface area contributed by atoms with Crippen LogP contribution in [-0.2, 0) is 0 Å². The van der Waals surface area contributed by atoms with Crippen molar-refractivity contribution in [3.63, 3.8) is 0 Å². The molecule has 0 amide bonds. The van der Waals surface area contributed by atoms with Gasteiger partial charge in [0.1, 0.15) is 5.75 Å². The lowest BCUT2D eigenvalue weighted by atomic mass is 10.2. The maximum Gasteiger partial charge on any atom is 0.139 e. The summed E-state index contributed by atoms with van der Waals surface area (Å²) in [5.41, 5.74) is 0.777. The van der Waals surface area contributed by atoms with Crippen molar-refractivity contribution in [3.05, 3.63) is 34.4 Å². The Bertz CT molecular complexity index is 485. The molecule has 72 valence electrons. The third-order valence-corrected chi connectivity index (χ3v) is 2.59. The molecule has 0 fully saturated rings. The standard InChI is InChI=1S/C10H7Cl2NO/c1-14-10-5-9-6(4-8(10)12)7(11)2-3-13-9/h2-5H,1H3. The van der Waals surface area contributed by atoms with Crippen LogP contribution in [-0.4, -0.2) is 12.1 Å². The largest absolute Gasteiger partial charge is 0.495 e. The van der Waals surface area contributed by atoms with Crippen LogP contribution >= 0.6 is 23.2 Å². The van der Waals surface area contributed by atoms with Gasteiger partial charge < -0.3 is 4.74 Å². The molecule has 0 unspecified atom stereocenters. The summed E-state index contributed by atoms with van der Waals surface area (Å²) in [4.78, 5) is 4.17. The van der Waals surface area contributed by atoms with E-state index in [2.05, 4.69) is 4.98 Å². The first-order chi connectivity index (χ1) is 6.72. The summed E-state index contributed by atoms with van der Waals surface area (Å²) in [7, 11) is 1.57. The molecule has 1 aromatic carbocycles. The van der Waals surface area contributed by atoms with E-state index in [1.807, 2.05) is 0 Å². The smallest absolute Gasteiger partial charge is 0.139 e. The van der Waals surface area contributed by atoms with Crippen LogP contribution in [0.1, 0.15) is 0 Å². The van der Waals surface area contributed by atoms with Gasteiger partial charge in [0.05, 0.1) is 22.7 Å². The number of hydrogen-bond acceptors (Lipinski definition) is 2. The van der Waals surface area contributed by atoms with Gasteiger partial charge in [-0.3, -0.25) is 4.98 Å². The van der Waals surface area contributed by atoms with Crippen molar-refractivity contribution in [2.75, 3.05) is 7.11 Å². The summed E-state index contributed by atoms with van der Waals surface area (Å²) in [6, 6.07) is 5.25. The van der Waals surface area contributed by atoms with Crippen LogP contribution in [0.5, 0.6) is 5.75 Å². The Kier molecular flexibility index (Phi) is 2.48. The number of aromatic nitrogens is 1. The number of ether oxygens (including phenoxy) is 1. The SMILES string of the molecule is COc1cc2nccc(Cl)c2cc1Cl. The summed E-state index contributed by atoms with van der Waals surface area (Å²) in [5, 5.41) is 2.01. The van der Waals surface area contributed by atoms with E-state index in [1.165, 1.54) is 0 Å². The number of nitrogens with zero attached hydrogens (tertiary/aromatic N) is 1. The predicted molar refractivity (Wildman–Crippen MR) is 58.3 cm³/mol. The molecular weight excluding hydrogens is 221 g/mol. The monoisotopic (exact) mass is 227 g/mol. The average molecular weight is 228 g/mol. The van der Waals surface area contributed by atoms with Gasteiger partial charge in [-0.2, -0.15) is 0 Å². The molecular formula is C10H7Cl2NO. The zero-order valence-corrected chi connectivity index (χ0v) is 8.93. The number of rotatable bonds is 1. The molecule has 0 aliphatic heterocycles. The van der Waals surface area contributed by atoms with Crippen LogP contribution in [0.25, 0.3) is 10.9 Å². The molecule has 2 nitrogen and oxygen atoms in total. The van der Waals surface area contributed by atoms with Gasteiger partial charge in [0.2, 0.25) is 0 Å². The lowest BCUT2D eigenvalue weighted by molar-refractivity contribution is 0.415. The number of halogens is 2. The van der Waals surface area contributed by atoms with E-state index in [0.717, 1.165) is 10.9 Å². The molecule has 0 N–H and O–H groups in total. The van der Waals surface area contributed by atoms with E-state index in [4.69, 9.17) is 27.9 Å². The van der Waals surface area contributed by atoms with Crippen LogP contribution in [0.15, 0.2) is 24.4 Å². The van der Waals surface area contributed by atoms with Crippen molar-refractivity contribution in [2.45, 2.75) is 0 Å². The van der Waals surface area contributed by atoms with E-state index in [9.17, 15) is 0 Å². The van der Waals surface area contributed by atoms with Gasteiger partial charge in [-0.05, 0) is 12.1 Å². The second kappa shape index (κ2) is 3.64. The van der Waals surface area contributed by atoms with E-state index < -0.39 is 0 Å². The van der Waals surface area contributed by atoms with Gasteiger partial charge in [0.15, 0.2) is 0 Å². The Hall–Kier alpha value is -0.990. The van der Waals surface area contributed by atoms with Gasteiger partial charge in [-0.15, -0.1) is 0 Å². The molecule has 1 heterocycles. The van der Waals surface area contributed by atoms with Crippen LogP contribution in [0.3, 0.4) is 0 Å². The fourth-order valence-corrected chi connectivity index (χ4v) is 1.72. The minimum Gasteiger partial charge on any atom is -0.495 e. The number of pyridine rings is 1. The molecule has 0 saturated heterocycles. The second-order valence-corrected chi connectivity index (χ2v) is 3.61. The van der Waals surface area contributed by atoms with Crippen molar-refractivity contribution in [3.8, 4) is 5.75 Å². The lowest BCUT2D eigenvalue weighted by Gasteiger charge is -2.05. The minimum atomic E-state index is 0.537. The van der Waals surface area contributed by atoms with Crippen LogP contribution in [0.4, 0.5) is 0 Å². The molecule has 0 spiro atoms. The normalized spacial score (nSPS) is 10.5. The number of methoxy groups -OCH3 is 1. The zero-order chi connectivity index (χ0) is 10.1. The number of fused-ring (bicyclic) bond motifs is 1. The Morgan fingerprint density at radius 1 is 1.21 bits per heavy atom. The summed E-state index contributed by atoms with van der Waals surface area (Å²) in [6.45, 7) is 0. The lowest BCUT2D eigenvalue weighted by Crippen LogP contribution is -1.86. The number of hydrogen-bond donors (Lipinski definition) is 0. The fourth-order valence-electron chi connectivity index (χ4n) is 1.27. The molecule has 2 aromatic rings. The molecule has 0 atom stereocenters. The van der Waals surface area contributed by atoms with E-state index in [1.54, 1.807) is 31.5 Å². The van der Waals surface area contributed by atoms with Crippen molar-refractivity contribution >= 4 is 34.1 Å². The second-order valence-electron chi connectivity index (χ2n) is 2.80. The fraction of sp³-hybridized carbons (Fsp3) is 0.100. The van der Waals surface area contributed by atoms with E-state index in [0.29, 0.717) is 15.8 Å². The van der Waals surface area contributed by atoms with Crippen LogP contribution in [0, 0.1) is 0 Å². The Labute approximate surface area is 91.4 Å². The zero-order valence-electron chi connectivity index (χ0n) is 7.42. The maximum atomic E-state index is 5.99. The molecule has 0 bridgehead atoms. The first-order valence-electron chi connectivity index (χ1n) is 4.00. The quantitative estimate of drug-likeness (QED) is 0.744. The van der Waals surface area contributed by atoms with Crippen molar-refractivity contribution in [1.29, 1.82) is 0 Å². The summed E-state index contributed by atoms with van der Waals surface area (Å²) in [6.07, 6.45) is 1.65. The summed E-state index contributed by atoms with van der Waals surface area (Å²) < 4.78 is 5.08. The van der Waals surface area contributed by atoms with Crippen molar-refractivity contribution < 1.29 is 4.74 Å². The van der Waals surface area contributed by atoms with Crippen LogP contribution < -0.4 is 4.74 Å². The molecule has 1 aromatic heterocycles. The highest BCUT2D eigenvalue weighted by atomic mass is 35.5. The Morgan fingerprint density at radius 2 is 2.00 bits per heavy atom. The summed E-state index contributed by atoms with van der Waals surface area (Å²) in [5.74, 6) is 0.605. The van der Waals surface area contributed by atoms with Crippen molar-refractivity contribution in [1.82, 2.24) is 4.98 Å². The third kappa shape index (κ3) is 1.51. The van der Waals surface area contributed by atoms with Gasteiger partial charge in [0.25, 0.3) is 0 Å². The molecule has 2 rings (SSSR count). The maximum absolute atomic E-state index is 5.99. The molecule has 14 heavy (non-hydrogen) atoms. The Morgan fingerprint density at radius 3 is 2.71 bits per heavy atom. The topological polar surface area (TPSA) is 22.1 Å². The van der Waals surface area contributed by atoms with Crippen molar-refractivity contribution in [2.24, 2.45) is 0 Å². The van der Waals surface area contributed by atoms with Gasteiger partial charge in [0, 0.05) is 17.6 Å². The average Bonchev–Trinajstić information content (AvgIpc) is 2.19. The highest BCUT2D eigenvalue weighted by Crippen LogP contribution is 2.31. The van der Waals surface area contributed by atoms with E-state index in [-0.39, 0.29) is 0 Å². The molecule has 4 heteroatoms. The highest BCUT2D eigenvalue weighted by Gasteiger charge is 2.06.